The van der Waals surface area contributed by atoms with Gasteiger partial charge in [0.05, 0.1) is 5.02 Å². The maximum absolute atomic E-state index is 12.1. The molecule has 0 bridgehead atoms. The molecule has 4 rings (SSSR count). The Morgan fingerprint density at radius 2 is 1.85 bits per heavy atom. The van der Waals surface area contributed by atoms with Crippen LogP contribution in [0.2, 0.25) is 10.0 Å². The molecule has 1 N–H and O–H groups in total. The van der Waals surface area contributed by atoms with Gasteiger partial charge in [-0.15, -0.1) is 0 Å². The molecule has 8 heteroatoms. The fraction of sp³-hybridized carbons (Fsp3) is 0.0526. The Labute approximate surface area is 172 Å². The largest absolute Gasteiger partial charge is 0.444 e. The summed E-state index contributed by atoms with van der Waals surface area (Å²) in [5, 5.41) is 3.71. The van der Waals surface area contributed by atoms with E-state index in [9.17, 15) is 4.79 Å². The van der Waals surface area contributed by atoms with E-state index in [0.717, 1.165) is 5.56 Å². The zero-order valence-corrected chi connectivity index (χ0v) is 16.7. The van der Waals surface area contributed by atoms with E-state index in [0.29, 0.717) is 43.8 Å². The summed E-state index contributed by atoms with van der Waals surface area (Å²) in [6, 6.07) is 14.0. The molecule has 0 aliphatic rings. The highest BCUT2D eigenvalue weighted by Crippen LogP contribution is 2.29. The summed E-state index contributed by atoms with van der Waals surface area (Å²) in [6.07, 6.45) is 0.488. The van der Waals surface area contributed by atoms with Gasteiger partial charge in [0.15, 0.2) is 21.9 Å². The van der Waals surface area contributed by atoms with E-state index in [1.54, 1.807) is 36.4 Å². The first-order chi connectivity index (χ1) is 13.0. The van der Waals surface area contributed by atoms with Crippen molar-refractivity contribution in [3.8, 4) is 0 Å². The van der Waals surface area contributed by atoms with Crippen LogP contribution < -0.4 is 5.32 Å². The lowest BCUT2D eigenvalue weighted by atomic mass is 10.1. The van der Waals surface area contributed by atoms with E-state index in [-0.39, 0.29) is 11.7 Å². The van der Waals surface area contributed by atoms with Crippen LogP contribution in [0.4, 0.5) is 5.69 Å². The number of nitrogens with one attached hydrogen (secondary N) is 1. The Bertz CT molecular complexity index is 1140. The molecule has 2 heterocycles. The number of benzene rings is 2. The number of halogens is 3. The van der Waals surface area contributed by atoms with Gasteiger partial charge in [-0.3, -0.25) is 4.79 Å². The molecule has 2 aromatic carbocycles. The topological polar surface area (TPSA) is 68.3 Å². The van der Waals surface area contributed by atoms with Crippen molar-refractivity contribution < 1.29 is 13.6 Å². The van der Waals surface area contributed by atoms with Crippen LogP contribution in [0.15, 0.2) is 62.0 Å². The molecule has 0 atom stereocenters. The van der Waals surface area contributed by atoms with Crippen molar-refractivity contribution in [1.29, 1.82) is 0 Å². The van der Waals surface area contributed by atoms with Gasteiger partial charge in [0.25, 0.3) is 5.91 Å². The maximum atomic E-state index is 12.1. The standard InChI is InChI=1S/C19H11BrCl2N2O3/c20-16-6-5-15(26-16)19(25)23-12-3-1-10(2-4-12)7-17-24-14-9-11(21)8-13(22)18(14)27-17/h1-6,8-9H,7H2,(H,23,25). The van der Waals surface area contributed by atoms with Crippen molar-refractivity contribution in [2.45, 2.75) is 6.42 Å². The molecule has 27 heavy (non-hydrogen) atoms. The Balaban J connectivity index is 1.48. The molecule has 2 aromatic heterocycles. The number of oxazole rings is 1. The number of rotatable bonds is 4. The predicted molar refractivity (Wildman–Crippen MR) is 108 cm³/mol. The van der Waals surface area contributed by atoms with Crippen LogP contribution in [-0.2, 0) is 6.42 Å². The second kappa shape index (κ2) is 7.38. The number of nitrogens with zero attached hydrogens (tertiary/aromatic N) is 1. The third-order valence-electron chi connectivity index (χ3n) is 3.82. The summed E-state index contributed by atoms with van der Waals surface area (Å²) < 4.78 is 11.5. The molecular weight excluding hydrogens is 455 g/mol. The first-order valence-electron chi connectivity index (χ1n) is 7.88. The van der Waals surface area contributed by atoms with E-state index in [1.165, 1.54) is 0 Å². The Morgan fingerprint density at radius 1 is 1.07 bits per heavy atom. The Hall–Kier alpha value is -2.28. The number of carbonyl (C=O) groups is 1. The number of furan rings is 1. The van der Waals surface area contributed by atoms with Gasteiger partial charge in [-0.25, -0.2) is 4.98 Å². The molecule has 0 radical (unpaired) electrons. The highest BCUT2D eigenvalue weighted by atomic mass is 79.9. The summed E-state index contributed by atoms with van der Waals surface area (Å²) in [6.45, 7) is 0. The van der Waals surface area contributed by atoms with Crippen molar-refractivity contribution >= 4 is 61.8 Å². The van der Waals surface area contributed by atoms with Crippen LogP contribution in [0.5, 0.6) is 0 Å². The third kappa shape index (κ3) is 4.03. The zero-order valence-electron chi connectivity index (χ0n) is 13.6. The first kappa shape index (κ1) is 18.1. The molecule has 0 unspecified atom stereocenters. The van der Waals surface area contributed by atoms with Gasteiger partial charge < -0.3 is 14.2 Å². The van der Waals surface area contributed by atoms with Crippen molar-refractivity contribution in [2.75, 3.05) is 5.32 Å². The fourth-order valence-electron chi connectivity index (χ4n) is 2.59. The van der Waals surface area contributed by atoms with Crippen LogP contribution in [0, 0.1) is 0 Å². The second-order valence-electron chi connectivity index (χ2n) is 5.78. The highest BCUT2D eigenvalue weighted by Gasteiger charge is 2.13. The lowest BCUT2D eigenvalue weighted by Gasteiger charge is -2.04. The van der Waals surface area contributed by atoms with E-state index in [4.69, 9.17) is 32.0 Å². The van der Waals surface area contributed by atoms with Gasteiger partial charge >= 0.3 is 0 Å². The molecule has 0 fully saturated rings. The summed E-state index contributed by atoms with van der Waals surface area (Å²) >= 11 is 15.3. The predicted octanol–water partition coefficient (Wildman–Crippen LogP) is 6.33. The molecule has 0 spiro atoms. The minimum absolute atomic E-state index is 0.230. The molecule has 0 saturated heterocycles. The average molecular weight is 466 g/mol. The number of anilines is 1. The van der Waals surface area contributed by atoms with E-state index < -0.39 is 0 Å². The Kier molecular flexibility index (Phi) is 4.95. The van der Waals surface area contributed by atoms with Gasteiger partial charge in [-0.2, -0.15) is 0 Å². The first-order valence-corrected chi connectivity index (χ1v) is 9.43. The lowest BCUT2D eigenvalue weighted by Crippen LogP contribution is -2.10. The smallest absolute Gasteiger partial charge is 0.291 e. The highest BCUT2D eigenvalue weighted by molar-refractivity contribution is 9.10. The van der Waals surface area contributed by atoms with Crippen molar-refractivity contribution in [2.24, 2.45) is 0 Å². The second-order valence-corrected chi connectivity index (χ2v) is 7.40. The van der Waals surface area contributed by atoms with Crippen LogP contribution in [0.25, 0.3) is 11.1 Å². The number of hydrogen-bond acceptors (Lipinski definition) is 4. The van der Waals surface area contributed by atoms with Crippen molar-refractivity contribution in [3.05, 3.63) is 80.5 Å². The van der Waals surface area contributed by atoms with Crippen molar-refractivity contribution in [3.63, 3.8) is 0 Å². The normalized spacial score (nSPS) is 11.1. The van der Waals surface area contributed by atoms with Gasteiger partial charge in [0.1, 0.15) is 5.52 Å². The van der Waals surface area contributed by atoms with E-state index >= 15 is 0 Å². The quantitative estimate of drug-likeness (QED) is 0.382. The van der Waals surface area contributed by atoms with Gasteiger partial charge in [-0.1, -0.05) is 35.3 Å². The number of amides is 1. The molecule has 0 saturated carbocycles. The summed E-state index contributed by atoms with van der Waals surface area (Å²) in [7, 11) is 0. The van der Waals surface area contributed by atoms with Gasteiger partial charge in [0, 0.05) is 17.1 Å². The van der Waals surface area contributed by atoms with Crippen LogP contribution in [0.1, 0.15) is 22.0 Å². The summed E-state index contributed by atoms with van der Waals surface area (Å²) in [5.74, 6) is 0.443. The number of fused-ring (bicyclic) bond motifs is 1. The van der Waals surface area contributed by atoms with Crippen molar-refractivity contribution in [1.82, 2.24) is 4.98 Å². The summed E-state index contributed by atoms with van der Waals surface area (Å²) in [5.41, 5.74) is 2.77. The van der Waals surface area contributed by atoms with E-state index in [2.05, 4.69) is 26.2 Å². The Morgan fingerprint density at radius 3 is 2.56 bits per heavy atom. The molecule has 1 amide bonds. The molecule has 4 aromatic rings. The van der Waals surface area contributed by atoms with Crippen LogP contribution in [0.3, 0.4) is 0 Å². The minimum atomic E-state index is -0.320. The number of hydrogen-bond donors (Lipinski definition) is 1. The molecule has 0 aliphatic carbocycles. The monoisotopic (exact) mass is 464 g/mol. The molecular formula is C19H11BrCl2N2O3. The van der Waals surface area contributed by atoms with Gasteiger partial charge in [-0.05, 0) is 57.9 Å². The van der Waals surface area contributed by atoms with Crippen LogP contribution in [-0.4, -0.2) is 10.9 Å². The molecule has 5 nitrogen and oxygen atoms in total. The molecule has 136 valence electrons. The SMILES string of the molecule is O=C(Nc1ccc(Cc2nc3cc(Cl)cc(Cl)c3o2)cc1)c1ccc(Br)o1. The summed E-state index contributed by atoms with van der Waals surface area (Å²) in [4.78, 5) is 16.5. The maximum Gasteiger partial charge on any atom is 0.291 e. The fourth-order valence-corrected chi connectivity index (χ4v) is 3.42. The zero-order chi connectivity index (χ0) is 19.0. The average Bonchev–Trinajstić information content (AvgIpc) is 3.23. The molecule has 0 aliphatic heterocycles. The number of aromatic nitrogens is 1. The lowest BCUT2D eigenvalue weighted by molar-refractivity contribution is 0.0995. The number of carbonyl (C=O) groups excluding carboxylic acids is 1. The van der Waals surface area contributed by atoms with Crippen LogP contribution >= 0.6 is 39.1 Å². The van der Waals surface area contributed by atoms with Gasteiger partial charge in [0.2, 0.25) is 0 Å². The third-order valence-corrected chi connectivity index (χ3v) is 4.74. The minimum Gasteiger partial charge on any atom is -0.444 e. The van der Waals surface area contributed by atoms with E-state index in [1.807, 2.05) is 12.1 Å².